The molecule has 0 saturated carbocycles. The molecule has 8 heteroatoms. The predicted octanol–water partition coefficient (Wildman–Crippen LogP) is 3.53. The third kappa shape index (κ3) is 5.08. The van der Waals surface area contributed by atoms with E-state index in [0.29, 0.717) is 11.3 Å². The molecule has 2 aromatic carbocycles. The van der Waals surface area contributed by atoms with Crippen molar-refractivity contribution in [3.63, 3.8) is 0 Å². The van der Waals surface area contributed by atoms with Crippen LogP contribution in [0, 0.1) is 0 Å². The highest BCUT2D eigenvalue weighted by Crippen LogP contribution is 2.31. The van der Waals surface area contributed by atoms with Gasteiger partial charge < -0.3 is 15.0 Å². The Bertz CT molecular complexity index is 1040. The molecule has 0 radical (unpaired) electrons. The van der Waals surface area contributed by atoms with E-state index in [-0.39, 0.29) is 12.5 Å². The summed E-state index contributed by atoms with van der Waals surface area (Å²) in [6.45, 7) is 1.99. The number of carbonyl (C=O) groups is 2. The van der Waals surface area contributed by atoms with Gasteiger partial charge in [-0.25, -0.2) is 4.79 Å². The van der Waals surface area contributed by atoms with Gasteiger partial charge in [-0.2, -0.15) is 16.9 Å². The lowest BCUT2D eigenvalue weighted by atomic mass is 10.1. The van der Waals surface area contributed by atoms with Crippen molar-refractivity contribution >= 4 is 35.1 Å². The van der Waals surface area contributed by atoms with Crippen LogP contribution in [0.5, 0.6) is 0 Å². The van der Waals surface area contributed by atoms with Crippen LogP contribution >= 0.6 is 11.8 Å². The van der Waals surface area contributed by atoms with E-state index in [4.69, 9.17) is 9.84 Å². The van der Waals surface area contributed by atoms with E-state index in [0.717, 1.165) is 41.5 Å². The van der Waals surface area contributed by atoms with E-state index in [9.17, 15) is 9.59 Å². The molecule has 3 aromatic rings. The summed E-state index contributed by atoms with van der Waals surface area (Å²) in [4.78, 5) is 26.4. The molecule has 1 aliphatic heterocycles. The van der Waals surface area contributed by atoms with Crippen LogP contribution in [0.4, 0.5) is 11.5 Å². The molecule has 7 nitrogen and oxygen atoms in total. The standard InChI is InChI=1S/C23H24N4O3S/c1-30-23(29)18-7-9-19(10-8-18)24-21(28)16-27-15-20(17-5-3-2-4-6-17)22(25-27)26-11-13-31-14-12-26/h2-10,15H,11-14,16H2,1H3,(H,24,28). The number of ether oxygens (including phenoxy) is 1. The fraction of sp³-hybridized carbons (Fsp3) is 0.261. The maximum absolute atomic E-state index is 12.6. The summed E-state index contributed by atoms with van der Waals surface area (Å²) in [5.74, 6) is 2.47. The van der Waals surface area contributed by atoms with Gasteiger partial charge in [0.05, 0.1) is 12.7 Å². The number of anilines is 2. The minimum Gasteiger partial charge on any atom is -0.465 e. The molecule has 2 heterocycles. The number of nitrogens with one attached hydrogen (secondary N) is 1. The first-order valence-electron chi connectivity index (χ1n) is 10.1. The Balaban J connectivity index is 1.50. The Hall–Kier alpha value is -3.26. The summed E-state index contributed by atoms with van der Waals surface area (Å²) in [6, 6.07) is 16.7. The molecule has 160 valence electrons. The second-order valence-electron chi connectivity index (χ2n) is 7.15. The van der Waals surface area contributed by atoms with E-state index in [1.54, 1.807) is 28.9 Å². The molecular weight excluding hydrogens is 412 g/mol. The number of rotatable bonds is 6. The number of hydrogen-bond acceptors (Lipinski definition) is 6. The summed E-state index contributed by atoms with van der Waals surface area (Å²) >= 11 is 1.95. The maximum Gasteiger partial charge on any atom is 0.337 e. The predicted molar refractivity (Wildman–Crippen MR) is 124 cm³/mol. The van der Waals surface area contributed by atoms with Crippen molar-refractivity contribution < 1.29 is 14.3 Å². The smallest absolute Gasteiger partial charge is 0.337 e. The first kappa shape index (κ1) is 21.0. The van der Waals surface area contributed by atoms with Gasteiger partial charge in [-0.15, -0.1) is 0 Å². The molecule has 31 heavy (non-hydrogen) atoms. The van der Waals surface area contributed by atoms with Crippen molar-refractivity contribution in [3.8, 4) is 11.1 Å². The number of esters is 1. The minimum atomic E-state index is -0.411. The van der Waals surface area contributed by atoms with Gasteiger partial charge in [0.1, 0.15) is 6.54 Å². The highest BCUT2D eigenvalue weighted by Gasteiger charge is 2.20. The Kier molecular flexibility index (Phi) is 6.57. The Morgan fingerprint density at radius 1 is 1.06 bits per heavy atom. The number of nitrogens with zero attached hydrogens (tertiary/aromatic N) is 3. The van der Waals surface area contributed by atoms with Crippen molar-refractivity contribution in [3.05, 3.63) is 66.4 Å². The molecule has 0 aliphatic carbocycles. The van der Waals surface area contributed by atoms with E-state index in [1.807, 2.05) is 36.2 Å². The van der Waals surface area contributed by atoms with Crippen molar-refractivity contribution in [2.24, 2.45) is 0 Å². The average molecular weight is 437 g/mol. The highest BCUT2D eigenvalue weighted by molar-refractivity contribution is 7.99. The monoisotopic (exact) mass is 436 g/mol. The quantitative estimate of drug-likeness (QED) is 0.596. The maximum atomic E-state index is 12.6. The first-order valence-corrected chi connectivity index (χ1v) is 11.2. The summed E-state index contributed by atoms with van der Waals surface area (Å²) in [5, 5.41) is 7.61. The number of methoxy groups -OCH3 is 1. The third-order valence-electron chi connectivity index (χ3n) is 5.03. The zero-order valence-electron chi connectivity index (χ0n) is 17.3. The van der Waals surface area contributed by atoms with Crippen LogP contribution in [0.15, 0.2) is 60.8 Å². The molecule has 1 fully saturated rings. The molecule has 1 aliphatic rings. The lowest BCUT2D eigenvalue weighted by Crippen LogP contribution is -2.33. The fourth-order valence-corrected chi connectivity index (χ4v) is 4.38. The van der Waals surface area contributed by atoms with Gasteiger partial charge in [0, 0.05) is 42.0 Å². The summed E-state index contributed by atoms with van der Waals surface area (Å²) in [5.41, 5.74) is 3.16. The molecular formula is C23H24N4O3S. The van der Waals surface area contributed by atoms with Gasteiger partial charge in [-0.1, -0.05) is 30.3 Å². The SMILES string of the molecule is COC(=O)c1ccc(NC(=O)Cn2cc(-c3ccccc3)c(N3CCSCC3)n2)cc1. The van der Waals surface area contributed by atoms with Crippen molar-refractivity contribution in [1.82, 2.24) is 9.78 Å². The van der Waals surface area contributed by atoms with Crippen LogP contribution in [-0.4, -0.2) is 53.4 Å². The van der Waals surface area contributed by atoms with E-state index < -0.39 is 5.97 Å². The van der Waals surface area contributed by atoms with E-state index >= 15 is 0 Å². The minimum absolute atomic E-state index is 0.0984. The Labute approximate surface area is 185 Å². The van der Waals surface area contributed by atoms with Gasteiger partial charge in [0.25, 0.3) is 0 Å². The van der Waals surface area contributed by atoms with Crippen LogP contribution < -0.4 is 10.2 Å². The van der Waals surface area contributed by atoms with Crippen molar-refractivity contribution in [1.29, 1.82) is 0 Å². The van der Waals surface area contributed by atoms with Gasteiger partial charge in [-0.3, -0.25) is 9.48 Å². The number of aromatic nitrogens is 2. The lowest BCUT2D eigenvalue weighted by Gasteiger charge is -2.27. The number of benzene rings is 2. The Morgan fingerprint density at radius 3 is 2.45 bits per heavy atom. The first-order chi connectivity index (χ1) is 15.1. The molecule has 1 saturated heterocycles. The zero-order valence-corrected chi connectivity index (χ0v) is 18.1. The molecule has 1 amide bonds. The summed E-state index contributed by atoms with van der Waals surface area (Å²) < 4.78 is 6.39. The summed E-state index contributed by atoms with van der Waals surface area (Å²) in [6.07, 6.45) is 1.94. The average Bonchev–Trinajstić information content (AvgIpc) is 3.24. The molecule has 0 bridgehead atoms. The van der Waals surface area contributed by atoms with E-state index in [2.05, 4.69) is 22.3 Å². The fourth-order valence-electron chi connectivity index (χ4n) is 3.48. The molecule has 1 aromatic heterocycles. The summed E-state index contributed by atoms with van der Waals surface area (Å²) in [7, 11) is 1.34. The second-order valence-corrected chi connectivity index (χ2v) is 8.37. The molecule has 0 spiro atoms. The topological polar surface area (TPSA) is 76.5 Å². The van der Waals surface area contributed by atoms with Gasteiger partial charge in [-0.05, 0) is 29.8 Å². The number of amides is 1. The molecule has 4 rings (SSSR count). The number of thioether (sulfide) groups is 1. The van der Waals surface area contributed by atoms with Crippen LogP contribution in [0.3, 0.4) is 0 Å². The van der Waals surface area contributed by atoms with Crippen LogP contribution in [-0.2, 0) is 16.1 Å². The number of carbonyl (C=O) groups excluding carboxylic acids is 2. The molecule has 0 unspecified atom stereocenters. The largest absolute Gasteiger partial charge is 0.465 e. The number of hydrogen-bond donors (Lipinski definition) is 1. The van der Waals surface area contributed by atoms with Crippen LogP contribution in [0.25, 0.3) is 11.1 Å². The van der Waals surface area contributed by atoms with Gasteiger partial charge in [0.15, 0.2) is 5.82 Å². The van der Waals surface area contributed by atoms with Gasteiger partial charge in [0.2, 0.25) is 5.91 Å². The van der Waals surface area contributed by atoms with Crippen molar-refractivity contribution in [2.45, 2.75) is 6.54 Å². The highest BCUT2D eigenvalue weighted by atomic mass is 32.2. The van der Waals surface area contributed by atoms with Crippen molar-refractivity contribution in [2.75, 3.05) is 41.9 Å². The van der Waals surface area contributed by atoms with Crippen LogP contribution in [0.2, 0.25) is 0 Å². The van der Waals surface area contributed by atoms with Crippen LogP contribution in [0.1, 0.15) is 10.4 Å². The molecule has 0 atom stereocenters. The van der Waals surface area contributed by atoms with Gasteiger partial charge >= 0.3 is 5.97 Å². The third-order valence-corrected chi connectivity index (χ3v) is 5.98. The second kappa shape index (κ2) is 9.70. The Morgan fingerprint density at radius 2 is 1.77 bits per heavy atom. The molecule has 1 N–H and O–H groups in total. The normalized spacial score (nSPS) is 13.6. The van der Waals surface area contributed by atoms with E-state index in [1.165, 1.54) is 7.11 Å². The lowest BCUT2D eigenvalue weighted by molar-refractivity contribution is -0.116. The zero-order chi connectivity index (χ0) is 21.6.